The second kappa shape index (κ2) is 9.97. The number of benzene rings is 2. The van der Waals surface area contributed by atoms with Gasteiger partial charge >= 0.3 is 0 Å². The maximum absolute atomic E-state index is 12.8. The van der Waals surface area contributed by atoms with E-state index in [1.165, 1.54) is 24.3 Å². The molecule has 0 fully saturated rings. The minimum absolute atomic E-state index is 0.0590. The number of nitriles is 1. The number of carbonyl (C=O) groups is 1. The van der Waals surface area contributed by atoms with Crippen LogP contribution in [0.1, 0.15) is 23.0 Å². The van der Waals surface area contributed by atoms with E-state index >= 15 is 0 Å². The zero-order valence-electron chi connectivity index (χ0n) is 18.2. The average molecular weight is 510 g/mol. The van der Waals surface area contributed by atoms with Crippen LogP contribution in [0.4, 0.5) is 5.69 Å². The van der Waals surface area contributed by atoms with Gasteiger partial charge < -0.3 is 5.32 Å². The molecule has 1 atom stereocenters. The van der Waals surface area contributed by atoms with Crippen molar-refractivity contribution in [2.45, 2.75) is 19.5 Å². The molecule has 0 aliphatic rings. The Kier molecular flexibility index (Phi) is 6.82. The molecule has 0 saturated heterocycles. The number of nitrogens with one attached hydrogen (secondary N) is 2. The Hall–Kier alpha value is -4.20. The molecule has 2 heterocycles. The third kappa shape index (κ3) is 5.16. The summed E-state index contributed by atoms with van der Waals surface area (Å²) in [6.45, 7) is 2.20. The van der Waals surface area contributed by atoms with Crippen molar-refractivity contribution in [1.82, 2.24) is 25.3 Å². The molecule has 0 bridgehead atoms. The topological polar surface area (TPSA) is 143 Å². The molecule has 4 rings (SSSR count). The van der Waals surface area contributed by atoms with Crippen molar-refractivity contribution < 1.29 is 9.72 Å². The highest BCUT2D eigenvalue weighted by molar-refractivity contribution is 6.36. The molecule has 2 aromatic heterocycles. The lowest BCUT2D eigenvalue weighted by molar-refractivity contribution is -0.384. The van der Waals surface area contributed by atoms with Crippen molar-refractivity contribution >= 4 is 34.8 Å². The van der Waals surface area contributed by atoms with E-state index in [1.807, 2.05) is 19.1 Å². The normalized spacial score (nSPS) is 11.6. The first-order valence-corrected chi connectivity index (χ1v) is 11.1. The van der Waals surface area contributed by atoms with E-state index in [9.17, 15) is 14.9 Å². The fraction of sp³-hybridized carbons (Fsp3) is 0.130. The Balaban J connectivity index is 1.42. The number of nitrogens with zero attached hydrogens (tertiary/aromatic N) is 5. The van der Waals surface area contributed by atoms with Crippen molar-refractivity contribution in [3.05, 3.63) is 86.1 Å². The number of nitro groups is 1. The van der Waals surface area contributed by atoms with E-state index in [1.54, 1.807) is 29.1 Å². The molecule has 35 heavy (non-hydrogen) atoms. The molecule has 0 aliphatic carbocycles. The average Bonchev–Trinajstić information content (AvgIpc) is 3.45. The van der Waals surface area contributed by atoms with Crippen LogP contribution in [0.3, 0.4) is 0 Å². The third-order valence-electron chi connectivity index (χ3n) is 5.15. The van der Waals surface area contributed by atoms with Crippen molar-refractivity contribution in [2.75, 3.05) is 0 Å². The molecule has 2 N–H and O–H groups in total. The number of nitro benzene ring substituents is 1. The summed E-state index contributed by atoms with van der Waals surface area (Å²) in [7, 11) is 0. The summed E-state index contributed by atoms with van der Waals surface area (Å²) in [4.78, 5) is 23.1. The summed E-state index contributed by atoms with van der Waals surface area (Å²) in [5.41, 5.74) is 2.72. The molecule has 4 aromatic rings. The van der Waals surface area contributed by atoms with Crippen LogP contribution in [0.25, 0.3) is 22.5 Å². The fourth-order valence-electron chi connectivity index (χ4n) is 3.42. The van der Waals surface area contributed by atoms with Crippen molar-refractivity contribution in [3.63, 3.8) is 0 Å². The maximum atomic E-state index is 12.8. The largest absolute Gasteiger partial charge is 0.346 e. The predicted octanol–water partition coefficient (Wildman–Crippen LogP) is 4.85. The number of aromatic amines is 1. The quantitative estimate of drug-likeness (QED) is 0.269. The van der Waals surface area contributed by atoms with E-state index < -0.39 is 10.8 Å². The first kappa shape index (κ1) is 23.9. The highest BCUT2D eigenvalue weighted by atomic mass is 35.5. The minimum atomic E-state index is -0.502. The van der Waals surface area contributed by atoms with Crippen molar-refractivity contribution in [3.8, 4) is 28.6 Å². The van der Waals surface area contributed by atoms with Gasteiger partial charge in [0.15, 0.2) is 0 Å². The molecule has 0 unspecified atom stereocenters. The van der Waals surface area contributed by atoms with Gasteiger partial charge in [0.25, 0.3) is 11.6 Å². The first-order chi connectivity index (χ1) is 16.8. The number of aromatic nitrogens is 4. The standard InChI is InChI=1S/C23H17Cl2N7O3/c1-13(12-31-9-8-19(30-31)15-2-3-16(11-26)18(24)10-15)27-23(33)22-20(25)21(28-29-22)14-4-6-17(7-5-14)32(34)35/h2-10,13H,12H2,1H3,(H,27,33)(H,28,29)/t13-/m0/s1. The maximum Gasteiger partial charge on any atom is 0.271 e. The number of rotatable bonds is 7. The van der Waals surface area contributed by atoms with Crippen LogP contribution < -0.4 is 5.32 Å². The summed E-state index contributed by atoms with van der Waals surface area (Å²) in [6.07, 6.45) is 1.78. The van der Waals surface area contributed by atoms with Crippen LogP contribution in [0.2, 0.25) is 10.0 Å². The highest BCUT2D eigenvalue weighted by Crippen LogP contribution is 2.30. The molecule has 0 radical (unpaired) electrons. The molecular formula is C23H17Cl2N7O3. The van der Waals surface area contributed by atoms with Gasteiger partial charge in [0, 0.05) is 35.5 Å². The molecule has 0 spiro atoms. The van der Waals surface area contributed by atoms with Crippen LogP contribution in [0.15, 0.2) is 54.7 Å². The Morgan fingerprint density at radius 1 is 1.23 bits per heavy atom. The Bertz CT molecular complexity index is 1450. The zero-order valence-corrected chi connectivity index (χ0v) is 19.7. The molecular weight excluding hydrogens is 493 g/mol. The van der Waals surface area contributed by atoms with Gasteiger partial charge in [-0.3, -0.25) is 24.7 Å². The van der Waals surface area contributed by atoms with Crippen LogP contribution in [0.5, 0.6) is 0 Å². The fourth-order valence-corrected chi connectivity index (χ4v) is 3.92. The third-order valence-corrected chi connectivity index (χ3v) is 5.83. The second-order valence-electron chi connectivity index (χ2n) is 7.67. The lowest BCUT2D eigenvalue weighted by Gasteiger charge is -2.13. The Morgan fingerprint density at radius 2 is 1.94 bits per heavy atom. The van der Waals surface area contributed by atoms with Crippen molar-refractivity contribution in [1.29, 1.82) is 5.26 Å². The highest BCUT2D eigenvalue weighted by Gasteiger charge is 2.21. The summed E-state index contributed by atoms with van der Waals surface area (Å²) >= 11 is 12.5. The molecule has 10 nitrogen and oxygen atoms in total. The second-order valence-corrected chi connectivity index (χ2v) is 8.45. The van der Waals surface area contributed by atoms with Crippen LogP contribution in [-0.4, -0.2) is 36.9 Å². The number of halogens is 2. The van der Waals surface area contributed by atoms with E-state index in [2.05, 4.69) is 20.6 Å². The van der Waals surface area contributed by atoms with Gasteiger partial charge in [-0.25, -0.2) is 0 Å². The smallest absolute Gasteiger partial charge is 0.271 e. The van der Waals surface area contributed by atoms with E-state index in [0.717, 1.165) is 5.56 Å². The van der Waals surface area contributed by atoms with E-state index in [-0.39, 0.29) is 22.4 Å². The van der Waals surface area contributed by atoms with Crippen LogP contribution in [-0.2, 0) is 6.54 Å². The summed E-state index contributed by atoms with van der Waals surface area (Å²) in [5.74, 6) is -0.450. The minimum Gasteiger partial charge on any atom is -0.346 e. The Labute approximate surface area is 209 Å². The van der Waals surface area contributed by atoms with Gasteiger partial charge in [-0.15, -0.1) is 0 Å². The van der Waals surface area contributed by atoms with Crippen molar-refractivity contribution in [2.24, 2.45) is 0 Å². The summed E-state index contributed by atoms with van der Waals surface area (Å²) in [5, 5.41) is 34.4. The summed E-state index contributed by atoms with van der Waals surface area (Å²) < 4.78 is 1.68. The van der Waals surface area contributed by atoms with Crippen LogP contribution in [0, 0.1) is 21.4 Å². The Morgan fingerprint density at radius 3 is 2.60 bits per heavy atom. The number of amides is 1. The zero-order chi connectivity index (χ0) is 25.1. The van der Waals surface area contributed by atoms with E-state index in [4.69, 9.17) is 28.5 Å². The number of non-ortho nitro benzene ring substituents is 1. The molecule has 176 valence electrons. The van der Waals surface area contributed by atoms with Gasteiger partial charge in [0.05, 0.1) is 32.8 Å². The van der Waals surface area contributed by atoms with E-state index in [0.29, 0.717) is 34.1 Å². The lowest BCUT2D eigenvalue weighted by atomic mass is 10.1. The monoisotopic (exact) mass is 509 g/mol. The number of hydrogen-bond donors (Lipinski definition) is 2. The lowest BCUT2D eigenvalue weighted by Crippen LogP contribution is -2.36. The van der Waals surface area contributed by atoms with Gasteiger partial charge in [-0.05, 0) is 37.3 Å². The SMILES string of the molecule is C[C@@H](Cn1ccc(-c2ccc(C#N)c(Cl)c2)n1)NC(=O)c1[nH]nc(-c2ccc([N+](=O)[O-])cc2)c1Cl. The molecule has 2 aromatic carbocycles. The summed E-state index contributed by atoms with van der Waals surface area (Å²) in [6, 6.07) is 14.3. The van der Waals surface area contributed by atoms with Crippen LogP contribution >= 0.6 is 23.2 Å². The van der Waals surface area contributed by atoms with Gasteiger partial charge in [0.1, 0.15) is 17.5 Å². The first-order valence-electron chi connectivity index (χ1n) is 10.3. The number of carbonyl (C=O) groups excluding carboxylic acids is 1. The molecule has 1 amide bonds. The van der Waals surface area contributed by atoms with Gasteiger partial charge in [-0.1, -0.05) is 29.3 Å². The number of H-pyrrole nitrogens is 1. The number of hydrogen-bond acceptors (Lipinski definition) is 6. The predicted molar refractivity (Wildman–Crippen MR) is 130 cm³/mol. The molecule has 0 aliphatic heterocycles. The molecule has 12 heteroatoms. The molecule has 0 saturated carbocycles. The van der Waals surface area contributed by atoms with Gasteiger partial charge in [-0.2, -0.15) is 15.5 Å². The van der Waals surface area contributed by atoms with Gasteiger partial charge in [0.2, 0.25) is 0 Å².